The molecule has 1 rings (SSSR count). The first-order valence-corrected chi connectivity index (χ1v) is 4.79. The largest absolute Gasteiger partial charge is 0.339 e. The fourth-order valence-corrected chi connectivity index (χ4v) is 1.52. The number of rotatable bonds is 2. The summed E-state index contributed by atoms with van der Waals surface area (Å²) in [6.07, 6.45) is 2.00. The quantitative estimate of drug-likeness (QED) is 0.594. The lowest BCUT2D eigenvalue weighted by molar-refractivity contribution is -0.137. The van der Waals surface area contributed by atoms with E-state index in [1.54, 1.807) is 22.8 Å². The molecule has 0 aliphatic carbocycles. The molecule has 0 saturated carbocycles. The Labute approximate surface area is 84.2 Å². The average molecular weight is 196 g/mol. The second kappa shape index (κ2) is 4.79. The highest BCUT2D eigenvalue weighted by atomic mass is 16.2. The third kappa shape index (κ3) is 2.58. The minimum absolute atomic E-state index is 0.0841. The first-order valence-electron chi connectivity index (χ1n) is 4.79. The van der Waals surface area contributed by atoms with Gasteiger partial charge < -0.3 is 9.80 Å². The maximum Gasteiger partial charge on any atom is 0.226 e. The molecule has 1 heterocycles. The molecule has 1 aliphatic rings. The minimum Gasteiger partial charge on any atom is -0.339 e. The average Bonchev–Trinajstić information content (AvgIpc) is 2.18. The first kappa shape index (κ1) is 10.8. The third-order valence-electron chi connectivity index (χ3n) is 2.40. The monoisotopic (exact) mass is 196 g/mol. The highest BCUT2D eigenvalue weighted by Crippen LogP contribution is 2.03. The number of nitrogens with zero attached hydrogens (tertiary/aromatic N) is 2. The molecule has 0 radical (unpaired) electrons. The van der Waals surface area contributed by atoms with Crippen LogP contribution < -0.4 is 0 Å². The molecule has 0 bridgehead atoms. The van der Waals surface area contributed by atoms with Crippen molar-refractivity contribution in [3.8, 4) is 0 Å². The van der Waals surface area contributed by atoms with Gasteiger partial charge in [-0.2, -0.15) is 0 Å². The van der Waals surface area contributed by atoms with Gasteiger partial charge in [-0.05, 0) is 0 Å². The standard InChI is InChI=1S/C10H16N2O2/c1-3-4-10(14)12-7-5-11(6-8-12)9(2)13/h3H,1,4-8H2,2H3. The van der Waals surface area contributed by atoms with Crippen molar-refractivity contribution in [3.63, 3.8) is 0 Å². The highest BCUT2D eigenvalue weighted by Gasteiger charge is 2.20. The predicted molar refractivity (Wildman–Crippen MR) is 53.6 cm³/mol. The van der Waals surface area contributed by atoms with Crippen molar-refractivity contribution in [2.45, 2.75) is 13.3 Å². The Kier molecular flexibility index (Phi) is 3.68. The smallest absolute Gasteiger partial charge is 0.226 e. The topological polar surface area (TPSA) is 40.6 Å². The second-order valence-corrected chi connectivity index (χ2v) is 3.38. The molecule has 0 aromatic heterocycles. The summed E-state index contributed by atoms with van der Waals surface area (Å²) < 4.78 is 0. The molecule has 4 nitrogen and oxygen atoms in total. The van der Waals surface area contributed by atoms with E-state index in [0.29, 0.717) is 32.6 Å². The molecule has 1 saturated heterocycles. The Balaban J connectivity index is 2.38. The van der Waals surface area contributed by atoms with Crippen LogP contribution in [0.2, 0.25) is 0 Å². The summed E-state index contributed by atoms with van der Waals surface area (Å²) >= 11 is 0. The lowest BCUT2D eigenvalue weighted by atomic mass is 10.2. The van der Waals surface area contributed by atoms with Gasteiger partial charge in [0.05, 0.1) is 0 Å². The van der Waals surface area contributed by atoms with Gasteiger partial charge in [0.15, 0.2) is 0 Å². The van der Waals surface area contributed by atoms with E-state index in [0.717, 1.165) is 0 Å². The zero-order valence-electron chi connectivity index (χ0n) is 8.53. The van der Waals surface area contributed by atoms with Gasteiger partial charge in [-0.3, -0.25) is 9.59 Å². The zero-order valence-corrected chi connectivity index (χ0v) is 8.53. The van der Waals surface area contributed by atoms with Crippen molar-refractivity contribution >= 4 is 11.8 Å². The molecular formula is C10H16N2O2. The van der Waals surface area contributed by atoms with E-state index in [1.165, 1.54) is 0 Å². The Morgan fingerprint density at radius 1 is 1.21 bits per heavy atom. The van der Waals surface area contributed by atoms with Crippen LogP contribution >= 0.6 is 0 Å². The van der Waals surface area contributed by atoms with Crippen LogP contribution in [-0.2, 0) is 9.59 Å². The molecule has 0 spiro atoms. The van der Waals surface area contributed by atoms with E-state index < -0.39 is 0 Å². The molecule has 1 fully saturated rings. The Morgan fingerprint density at radius 2 is 1.71 bits per heavy atom. The normalized spacial score (nSPS) is 16.6. The van der Waals surface area contributed by atoms with Crippen molar-refractivity contribution < 1.29 is 9.59 Å². The molecule has 1 aliphatic heterocycles. The molecule has 4 heteroatoms. The molecule has 14 heavy (non-hydrogen) atoms. The lowest BCUT2D eigenvalue weighted by Gasteiger charge is -2.34. The van der Waals surface area contributed by atoms with Crippen molar-refractivity contribution in [1.29, 1.82) is 0 Å². The van der Waals surface area contributed by atoms with Gasteiger partial charge in [0.25, 0.3) is 0 Å². The fourth-order valence-electron chi connectivity index (χ4n) is 1.52. The Morgan fingerprint density at radius 3 is 2.14 bits per heavy atom. The van der Waals surface area contributed by atoms with Gasteiger partial charge in [-0.1, -0.05) is 6.08 Å². The van der Waals surface area contributed by atoms with Crippen molar-refractivity contribution in [3.05, 3.63) is 12.7 Å². The maximum absolute atomic E-state index is 11.4. The number of hydrogen-bond donors (Lipinski definition) is 0. The molecule has 2 amide bonds. The van der Waals surface area contributed by atoms with Crippen LogP contribution in [0.1, 0.15) is 13.3 Å². The predicted octanol–water partition coefficient (Wildman–Crippen LogP) is 0.253. The van der Waals surface area contributed by atoms with Crippen LogP contribution in [0.4, 0.5) is 0 Å². The second-order valence-electron chi connectivity index (χ2n) is 3.38. The lowest BCUT2D eigenvalue weighted by Crippen LogP contribution is -2.49. The number of carbonyl (C=O) groups excluding carboxylic acids is 2. The molecule has 0 atom stereocenters. The number of amides is 2. The molecular weight excluding hydrogens is 180 g/mol. The van der Waals surface area contributed by atoms with E-state index in [9.17, 15) is 9.59 Å². The Bertz CT molecular complexity index is 243. The van der Waals surface area contributed by atoms with E-state index in [1.807, 2.05) is 0 Å². The maximum atomic E-state index is 11.4. The van der Waals surface area contributed by atoms with Crippen LogP contribution in [0.5, 0.6) is 0 Å². The first-order chi connectivity index (χ1) is 6.65. The van der Waals surface area contributed by atoms with Gasteiger partial charge >= 0.3 is 0 Å². The number of piperazine rings is 1. The van der Waals surface area contributed by atoms with E-state index in [2.05, 4.69) is 6.58 Å². The van der Waals surface area contributed by atoms with Crippen LogP contribution in [0.25, 0.3) is 0 Å². The summed E-state index contributed by atoms with van der Waals surface area (Å²) in [7, 11) is 0. The van der Waals surface area contributed by atoms with Gasteiger partial charge in [0, 0.05) is 39.5 Å². The molecule has 0 unspecified atom stereocenters. The summed E-state index contributed by atoms with van der Waals surface area (Å²) in [4.78, 5) is 26.0. The molecule has 78 valence electrons. The summed E-state index contributed by atoms with van der Waals surface area (Å²) in [6, 6.07) is 0. The van der Waals surface area contributed by atoms with Crippen LogP contribution in [0.15, 0.2) is 12.7 Å². The minimum atomic E-state index is 0.0841. The highest BCUT2D eigenvalue weighted by molar-refractivity contribution is 5.78. The van der Waals surface area contributed by atoms with Gasteiger partial charge in [-0.15, -0.1) is 6.58 Å². The summed E-state index contributed by atoms with van der Waals surface area (Å²) in [6.45, 7) is 7.68. The molecule has 0 N–H and O–H groups in total. The van der Waals surface area contributed by atoms with Crippen LogP contribution in [0.3, 0.4) is 0 Å². The van der Waals surface area contributed by atoms with E-state index in [4.69, 9.17) is 0 Å². The summed E-state index contributed by atoms with van der Waals surface area (Å²) in [5.74, 6) is 0.184. The van der Waals surface area contributed by atoms with Crippen molar-refractivity contribution in [2.75, 3.05) is 26.2 Å². The van der Waals surface area contributed by atoms with Gasteiger partial charge in [-0.25, -0.2) is 0 Å². The van der Waals surface area contributed by atoms with Crippen molar-refractivity contribution in [1.82, 2.24) is 9.80 Å². The summed E-state index contributed by atoms with van der Waals surface area (Å²) in [5.41, 5.74) is 0. The van der Waals surface area contributed by atoms with Crippen LogP contribution in [-0.4, -0.2) is 47.8 Å². The van der Waals surface area contributed by atoms with Gasteiger partial charge in [0.1, 0.15) is 0 Å². The molecule has 0 aromatic rings. The van der Waals surface area contributed by atoms with Gasteiger partial charge in [0.2, 0.25) is 11.8 Å². The summed E-state index contributed by atoms with van der Waals surface area (Å²) in [5, 5.41) is 0. The Hall–Kier alpha value is -1.32. The molecule has 0 aromatic carbocycles. The SMILES string of the molecule is C=CCC(=O)N1CCN(C(C)=O)CC1. The van der Waals surface area contributed by atoms with E-state index >= 15 is 0 Å². The third-order valence-corrected chi connectivity index (χ3v) is 2.40. The fraction of sp³-hybridized carbons (Fsp3) is 0.600. The zero-order chi connectivity index (χ0) is 10.6. The van der Waals surface area contributed by atoms with E-state index in [-0.39, 0.29) is 11.8 Å². The van der Waals surface area contributed by atoms with Crippen molar-refractivity contribution in [2.24, 2.45) is 0 Å². The number of hydrogen-bond acceptors (Lipinski definition) is 2. The van der Waals surface area contributed by atoms with Crippen LogP contribution in [0, 0.1) is 0 Å². The number of carbonyl (C=O) groups is 2.